The first-order chi connectivity index (χ1) is 7.47. The Morgan fingerprint density at radius 1 is 1.62 bits per heavy atom. The number of hydrogen-bond donors (Lipinski definition) is 2. The van der Waals surface area contributed by atoms with Gasteiger partial charge in [-0.15, -0.1) is 0 Å². The van der Waals surface area contributed by atoms with E-state index in [-0.39, 0.29) is 23.2 Å². The van der Waals surface area contributed by atoms with Crippen molar-refractivity contribution in [1.29, 1.82) is 0 Å². The lowest BCUT2D eigenvalue weighted by atomic mass is 9.99. The zero-order valence-electron chi connectivity index (χ0n) is 8.70. The molecule has 1 aromatic rings. The molecule has 6 heteroatoms. The van der Waals surface area contributed by atoms with E-state index in [1.54, 1.807) is 0 Å². The number of carbonyl (C=O) groups is 1. The summed E-state index contributed by atoms with van der Waals surface area (Å²) in [5.74, 6) is -1.17. The molecule has 0 amide bonds. The zero-order chi connectivity index (χ0) is 12.3. The minimum atomic E-state index is -2.74. The predicted octanol–water partition coefficient (Wildman–Crippen LogP) is 1.41. The topological polar surface area (TPSA) is 76.2 Å². The number of rotatable bonds is 4. The average Bonchev–Trinajstić information content (AvgIpc) is 2.19. The number of aliphatic carboxylic acids is 1. The van der Waals surface area contributed by atoms with E-state index in [1.165, 1.54) is 13.1 Å². The SMILES string of the molecule is Cc1ncc(CN)c(C(F)F)c1CC(=O)O. The van der Waals surface area contributed by atoms with E-state index in [0.29, 0.717) is 5.69 Å². The molecule has 0 aliphatic carbocycles. The zero-order valence-corrected chi connectivity index (χ0v) is 8.70. The smallest absolute Gasteiger partial charge is 0.307 e. The second-order valence-electron chi connectivity index (χ2n) is 3.34. The number of alkyl halides is 2. The molecule has 88 valence electrons. The van der Waals surface area contributed by atoms with Crippen molar-refractivity contribution in [2.75, 3.05) is 0 Å². The lowest BCUT2D eigenvalue weighted by Gasteiger charge is -2.13. The fourth-order valence-corrected chi connectivity index (χ4v) is 1.52. The molecular formula is C10H12F2N2O2. The third-order valence-corrected chi connectivity index (χ3v) is 2.29. The number of hydrogen-bond acceptors (Lipinski definition) is 3. The first kappa shape index (κ1) is 12.5. The van der Waals surface area contributed by atoms with Crippen molar-refractivity contribution in [2.24, 2.45) is 5.73 Å². The molecule has 1 rings (SSSR count). The minimum Gasteiger partial charge on any atom is -0.481 e. The average molecular weight is 230 g/mol. The van der Waals surface area contributed by atoms with Crippen LogP contribution in [0, 0.1) is 6.92 Å². The van der Waals surface area contributed by atoms with Crippen LogP contribution in [-0.2, 0) is 17.8 Å². The molecule has 4 nitrogen and oxygen atoms in total. The van der Waals surface area contributed by atoms with Crippen LogP contribution >= 0.6 is 0 Å². The van der Waals surface area contributed by atoms with Crippen LogP contribution in [0.3, 0.4) is 0 Å². The predicted molar refractivity (Wildman–Crippen MR) is 53.2 cm³/mol. The van der Waals surface area contributed by atoms with Crippen molar-refractivity contribution in [2.45, 2.75) is 26.3 Å². The third kappa shape index (κ3) is 2.52. The van der Waals surface area contributed by atoms with Gasteiger partial charge in [-0.05, 0) is 18.1 Å². The Labute approximate surface area is 91.1 Å². The number of nitrogens with two attached hydrogens (primary N) is 1. The molecule has 0 aromatic carbocycles. The van der Waals surface area contributed by atoms with Gasteiger partial charge in [-0.3, -0.25) is 9.78 Å². The minimum absolute atomic E-state index is 0.0606. The van der Waals surface area contributed by atoms with Gasteiger partial charge in [-0.25, -0.2) is 8.78 Å². The summed E-state index contributed by atoms with van der Waals surface area (Å²) in [6, 6.07) is 0. The quantitative estimate of drug-likeness (QED) is 0.820. The lowest BCUT2D eigenvalue weighted by Crippen LogP contribution is -2.12. The highest BCUT2D eigenvalue weighted by Crippen LogP contribution is 2.28. The number of pyridine rings is 1. The van der Waals surface area contributed by atoms with Gasteiger partial charge < -0.3 is 10.8 Å². The van der Waals surface area contributed by atoms with Crippen LogP contribution < -0.4 is 5.73 Å². The van der Waals surface area contributed by atoms with E-state index < -0.39 is 18.8 Å². The Morgan fingerprint density at radius 2 is 2.25 bits per heavy atom. The van der Waals surface area contributed by atoms with Crippen molar-refractivity contribution < 1.29 is 18.7 Å². The molecule has 0 saturated carbocycles. The second kappa shape index (κ2) is 4.98. The molecule has 0 fully saturated rings. The van der Waals surface area contributed by atoms with Crippen LogP contribution in [-0.4, -0.2) is 16.1 Å². The number of aryl methyl sites for hydroxylation is 1. The molecule has 16 heavy (non-hydrogen) atoms. The van der Waals surface area contributed by atoms with E-state index in [2.05, 4.69) is 4.98 Å². The van der Waals surface area contributed by atoms with E-state index in [0.717, 1.165) is 0 Å². The van der Waals surface area contributed by atoms with Gasteiger partial charge in [-0.2, -0.15) is 0 Å². The highest BCUT2D eigenvalue weighted by molar-refractivity contribution is 5.71. The molecule has 1 heterocycles. The van der Waals surface area contributed by atoms with Gasteiger partial charge in [0.25, 0.3) is 6.43 Å². The molecule has 0 unspecified atom stereocenters. The lowest BCUT2D eigenvalue weighted by molar-refractivity contribution is -0.136. The largest absolute Gasteiger partial charge is 0.481 e. The molecule has 0 bridgehead atoms. The fraction of sp³-hybridized carbons (Fsp3) is 0.400. The summed E-state index contributed by atoms with van der Waals surface area (Å²) in [6.07, 6.45) is -1.94. The monoisotopic (exact) mass is 230 g/mol. The maximum absolute atomic E-state index is 12.8. The molecule has 3 N–H and O–H groups in total. The molecule has 0 aliphatic rings. The first-order valence-corrected chi connectivity index (χ1v) is 4.64. The van der Waals surface area contributed by atoms with Gasteiger partial charge >= 0.3 is 5.97 Å². The molecule has 0 aliphatic heterocycles. The fourth-order valence-electron chi connectivity index (χ4n) is 1.52. The molecule has 0 saturated heterocycles. The standard InChI is InChI=1S/C10H12F2N2O2/c1-5-7(2-8(15)16)9(10(11)12)6(3-13)4-14-5/h4,10H,2-3,13H2,1H3,(H,15,16). The van der Waals surface area contributed by atoms with Crippen LogP contribution in [0.5, 0.6) is 0 Å². The molecule has 0 radical (unpaired) electrons. The molecule has 0 atom stereocenters. The van der Waals surface area contributed by atoms with Gasteiger partial charge in [0.2, 0.25) is 0 Å². The van der Waals surface area contributed by atoms with Crippen LogP contribution in [0.1, 0.15) is 28.8 Å². The Balaban J connectivity index is 3.35. The summed E-state index contributed by atoms with van der Waals surface area (Å²) < 4.78 is 25.7. The van der Waals surface area contributed by atoms with Crippen molar-refractivity contribution in [3.05, 3.63) is 28.6 Å². The third-order valence-electron chi connectivity index (χ3n) is 2.29. The molecule has 0 spiro atoms. The van der Waals surface area contributed by atoms with Crippen molar-refractivity contribution >= 4 is 5.97 Å². The number of carboxylic acid groups (broad SMARTS) is 1. The van der Waals surface area contributed by atoms with E-state index in [9.17, 15) is 13.6 Å². The molecule has 1 aromatic heterocycles. The Hall–Kier alpha value is -1.56. The summed E-state index contributed by atoms with van der Waals surface area (Å²) in [5.41, 5.74) is 5.58. The number of nitrogens with zero attached hydrogens (tertiary/aromatic N) is 1. The number of halogens is 2. The van der Waals surface area contributed by atoms with Gasteiger partial charge in [0.15, 0.2) is 0 Å². The normalized spacial score (nSPS) is 10.8. The number of aromatic nitrogens is 1. The summed E-state index contributed by atoms with van der Waals surface area (Å²) >= 11 is 0. The van der Waals surface area contributed by atoms with Gasteiger partial charge in [-0.1, -0.05) is 0 Å². The Bertz CT molecular complexity index is 408. The summed E-state index contributed by atoms with van der Waals surface area (Å²) in [4.78, 5) is 14.5. The highest BCUT2D eigenvalue weighted by Gasteiger charge is 2.21. The Kier molecular flexibility index (Phi) is 3.89. The van der Waals surface area contributed by atoms with E-state index >= 15 is 0 Å². The van der Waals surface area contributed by atoms with Crippen LogP contribution in [0.2, 0.25) is 0 Å². The maximum Gasteiger partial charge on any atom is 0.307 e. The van der Waals surface area contributed by atoms with Crippen LogP contribution in [0.15, 0.2) is 6.20 Å². The summed E-state index contributed by atoms with van der Waals surface area (Å²) in [6.45, 7) is 1.42. The van der Waals surface area contributed by atoms with E-state index in [4.69, 9.17) is 10.8 Å². The summed E-state index contributed by atoms with van der Waals surface area (Å²) in [5, 5.41) is 8.66. The van der Waals surface area contributed by atoms with Crippen molar-refractivity contribution in [3.8, 4) is 0 Å². The van der Waals surface area contributed by atoms with Crippen molar-refractivity contribution in [3.63, 3.8) is 0 Å². The number of carboxylic acids is 1. The Morgan fingerprint density at radius 3 is 2.69 bits per heavy atom. The first-order valence-electron chi connectivity index (χ1n) is 4.64. The van der Waals surface area contributed by atoms with Gasteiger partial charge in [0.05, 0.1) is 6.42 Å². The van der Waals surface area contributed by atoms with Crippen LogP contribution in [0.25, 0.3) is 0 Å². The van der Waals surface area contributed by atoms with Crippen LogP contribution in [0.4, 0.5) is 8.78 Å². The highest BCUT2D eigenvalue weighted by atomic mass is 19.3. The van der Waals surface area contributed by atoms with Crippen molar-refractivity contribution in [1.82, 2.24) is 4.98 Å². The second-order valence-corrected chi connectivity index (χ2v) is 3.34. The van der Waals surface area contributed by atoms with Gasteiger partial charge in [0, 0.05) is 24.0 Å². The van der Waals surface area contributed by atoms with E-state index in [1.807, 2.05) is 0 Å². The summed E-state index contributed by atoms with van der Waals surface area (Å²) in [7, 11) is 0. The van der Waals surface area contributed by atoms with Gasteiger partial charge in [0.1, 0.15) is 0 Å². The molecular weight excluding hydrogens is 218 g/mol. The maximum atomic E-state index is 12.8.